The van der Waals surface area contributed by atoms with Gasteiger partial charge in [0.05, 0.1) is 0 Å². The van der Waals surface area contributed by atoms with Crippen molar-refractivity contribution in [3.05, 3.63) is 399 Å². The van der Waals surface area contributed by atoms with Gasteiger partial charge in [0.1, 0.15) is 0 Å². The molecule has 1 aliphatic carbocycles. The standard InChI is InChI=1S/C55H38.C50H32/c1-55(2)51-21-10-9-18-45(51)46-28-27-44(34-52(46)55)53-47-19-7-8-20-48(47)54(43-17-11-16-39(32-43)40-24-22-35-12-3-5-14-37(35)30-40)50-33-42(26-29-49(50)53)41-25-23-36-13-4-6-15-38(36)31-41;1-2-13-33(14-3-1)36-18-12-19-40(30-36)49-44-23-10-11-24-45(44)50(47-32-39-17-6-7-20-41(39)42-21-8-9-22-43(42)47)48-31-38(27-28-46(48)49)37-26-25-34-15-4-5-16-35(34)29-37/h3-34H,1-2H3;1-32H. The topological polar surface area (TPSA) is 0 Å². The van der Waals surface area contributed by atoms with Crippen molar-refractivity contribution in [2.24, 2.45) is 0 Å². The molecule has 0 saturated carbocycles. The number of rotatable bonds is 8. The van der Waals surface area contributed by atoms with Crippen LogP contribution in [0, 0.1) is 0 Å². The highest BCUT2D eigenvalue weighted by Gasteiger charge is 2.36. The first-order chi connectivity index (χ1) is 51.8. The number of hydrogen-bond acceptors (Lipinski definition) is 0. The Labute approximate surface area is 611 Å². The molecule has 0 atom stereocenters. The van der Waals surface area contributed by atoms with Crippen LogP contribution in [0.4, 0.5) is 0 Å². The second-order valence-electron chi connectivity index (χ2n) is 28.9. The van der Waals surface area contributed by atoms with E-state index in [1.165, 1.54) is 208 Å². The van der Waals surface area contributed by atoms with E-state index in [1.54, 1.807) is 0 Å². The Kier molecular flexibility index (Phi) is 14.7. The number of fused-ring (bicyclic) bond motifs is 13. The van der Waals surface area contributed by atoms with Crippen LogP contribution in [-0.4, -0.2) is 0 Å². The Bertz CT molecular complexity index is 6920. The monoisotopic (exact) mass is 1330 g/mol. The molecule has 21 rings (SSSR count). The van der Waals surface area contributed by atoms with E-state index in [-0.39, 0.29) is 5.41 Å². The Morgan fingerprint density at radius 1 is 0.143 bits per heavy atom. The summed E-state index contributed by atoms with van der Waals surface area (Å²) in [6.45, 7) is 4.75. The largest absolute Gasteiger partial charge is 0.0622 e. The third kappa shape index (κ3) is 10.5. The Morgan fingerprint density at radius 2 is 0.476 bits per heavy atom. The summed E-state index contributed by atoms with van der Waals surface area (Å²) >= 11 is 0. The van der Waals surface area contributed by atoms with E-state index in [1.807, 2.05) is 0 Å². The molecule has 0 heterocycles. The van der Waals surface area contributed by atoms with Crippen LogP contribution in [0.25, 0.3) is 197 Å². The maximum Gasteiger partial charge on any atom is 0.0159 e. The van der Waals surface area contributed by atoms with Gasteiger partial charge in [-0.25, -0.2) is 0 Å². The fourth-order valence-corrected chi connectivity index (χ4v) is 17.5. The summed E-state index contributed by atoms with van der Waals surface area (Å²) < 4.78 is 0. The van der Waals surface area contributed by atoms with E-state index < -0.39 is 0 Å². The van der Waals surface area contributed by atoms with Crippen molar-refractivity contribution in [1.82, 2.24) is 0 Å². The normalized spacial score (nSPS) is 12.4. The maximum absolute atomic E-state index is 2.48. The van der Waals surface area contributed by atoms with Gasteiger partial charge in [0.2, 0.25) is 0 Å². The molecule has 0 saturated heterocycles. The molecule has 0 N–H and O–H groups in total. The van der Waals surface area contributed by atoms with Crippen molar-refractivity contribution in [3.8, 4) is 100 Å². The second-order valence-corrected chi connectivity index (χ2v) is 28.9. The molecule has 0 amide bonds. The summed E-state index contributed by atoms with van der Waals surface area (Å²) in [6, 6.07) is 144. The predicted octanol–water partition coefficient (Wildman–Crippen LogP) is 29.4. The summed E-state index contributed by atoms with van der Waals surface area (Å²) in [4.78, 5) is 0. The van der Waals surface area contributed by atoms with E-state index >= 15 is 0 Å². The van der Waals surface area contributed by atoms with Crippen LogP contribution in [0.15, 0.2) is 388 Å². The minimum absolute atomic E-state index is 0.0834. The van der Waals surface area contributed by atoms with Crippen LogP contribution >= 0.6 is 0 Å². The molecule has 0 nitrogen and oxygen atoms in total. The summed E-state index contributed by atoms with van der Waals surface area (Å²) in [5.74, 6) is 0. The Hall–Kier alpha value is -13.3. The lowest BCUT2D eigenvalue weighted by molar-refractivity contribution is 0.660. The molecule has 0 spiro atoms. The van der Waals surface area contributed by atoms with E-state index in [0.717, 1.165) is 0 Å². The van der Waals surface area contributed by atoms with E-state index in [9.17, 15) is 0 Å². The molecule has 1 aliphatic rings. The lowest BCUT2D eigenvalue weighted by Gasteiger charge is -2.23. The first-order valence-electron chi connectivity index (χ1n) is 36.7. The first kappa shape index (κ1) is 61.6. The van der Waals surface area contributed by atoms with E-state index in [0.29, 0.717) is 0 Å². The third-order valence-corrected chi connectivity index (χ3v) is 22.6. The summed E-state index contributed by atoms with van der Waals surface area (Å²) in [5, 5.41) is 22.7. The van der Waals surface area contributed by atoms with Gasteiger partial charge in [-0.15, -0.1) is 0 Å². The molecule has 0 heteroatoms. The smallest absolute Gasteiger partial charge is 0.0159 e. The predicted molar refractivity (Wildman–Crippen MR) is 451 cm³/mol. The number of benzene rings is 20. The highest BCUT2D eigenvalue weighted by atomic mass is 14.4. The molecule has 0 fully saturated rings. The van der Waals surface area contributed by atoms with Gasteiger partial charge in [0, 0.05) is 5.41 Å². The highest BCUT2D eigenvalue weighted by molar-refractivity contribution is 6.27. The van der Waals surface area contributed by atoms with Gasteiger partial charge in [-0.1, -0.05) is 347 Å². The Balaban J connectivity index is 0.000000140. The fourth-order valence-electron chi connectivity index (χ4n) is 17.5. The molecule has 0 aromatic heterocycles. The summed E-state index contributed by atoms with van der Waals surface area (Å²) in [5.41, 5.74) is 25.3. The van der Waals surface area contributed by atoms with Crippen LogP contribution in [-0.2, 0) is 5.41 Å². The van der Waals surface area contributed by atoms with Gasteiger partial charge in [0.25, 0.3) is 0 Å². The zero-order chi connectivity index (χ0) is 69.7. The van der Waals surface area contributed by atoms with E-state index in [4.69, 9.17) is 0 Å². The molecule has 0 unspecified atom stereocenters. The van der Waals surface area contributed by atoms with Gasteiger partial charge in [-0.05, 0) is 263 Å². The molecular weight excluding hydrogens is 1260 g/mol. The molecule has 105 heavy (non-hydrogen) atoms. The highest BCUT2D eigenvalue weighted by Crippen LogP contribution is 2.53. The molecule has 0 aliphatic heterocycles. The molecule has 490 valence electrons. The third-order valence-electron chi connectivity index (χ3n) is 22.6. The van der Waals surface area contributed by atoms with Gasteiger partial charge in [-0.3, -0.25) is 0 Å². The molecule has 20 aromatic rings. The average molecular weight is 1330 g/mol. The molecular formula is C105H70. The lowest BCUT2D eigenvalue weighted by atomic mass is 9.80. The van der Waals surface area contributed by atoms with Crippen LogP contribution in [0.5, 0.6) is 0 Å². The lowest BCUT2D eigenvalue weighted by Crippen LogP contribution is -2.14. The average Bonchev–Trinajstić information content (AvgIpc) is 1.13. The van der Waals surface area contributed by atoms with Crippen LogP contribution in [0.3, 0.4) is 0 Å². The maximum atomic E-state index is 2.48. The summed E-state index contributed by atoms with van der Waals surface area (Å²) in [6.07, 6.45) is 0. The molecule has 0 bridgehead atoms. The van der Waals surface area contributed by atoms with Gasteiger partial charge >= 0.3 is 0 Å². The second kappa shape index (κ2) is 25.1. The molecule has 0 radical (unpaired) electrons. The molecule has 20 aromatic carbocycles. The SMILES string of the molecule is CC1(C)c2ccccc2-c2ccc(-c3c4ccccc4c(-c4cccc(-c5ccc6ccccc6c5)c4)c4cc(-c5ccc6ccccc6c5)ccc34)cc21.c1ccc(-c2cccc(-c3c4ccccc4c(-c4cc5ccccc5c5ccccc45)c4cc(-c5ccc6ccccc6c5)ccc34)c2)cc1. The fraction of sp³-hybridized carbons (Fsp3) is 0.0286. The van der Waals surface area contributed by atoms with Crippen molar-refractivity contribution < 1.29 is 0 Å². The summed E-state index contributed by atoms with van der Waals surface area (Å²) in [7, 11) is 0. The first-order valence-corrected chi connectivity index (χ1v) is 36.7. The van der Waals surface area contributed by atoms with Crippen LogP contribution in [0.1, 0.15) is 25.0 Å². The van der Waals surface area contributed by atoms with Crippen LogP contribution in [0.2, 0.25) is 0 Å². The zero-order valence-corrected chi connectivity index (χ0v) is 58.5. The van der Waals surface area contributed by atoms with Crippen molar-refractivity contribution in [3.63, 3.8) is 0 Å². The van der Waals surface area contributed by atoms with Gasteiger partial charge in [0.15, 0.2) is 0 Å². The zero-order valence-electron chi connectivity index (χ0n) is 58.5. The van der Waals surface area contributed by atoms with Gasteiger partial charge in [-0.2, -0.15) is 0 Å². The van der Waals surface area contributed by atoms with Crippen molar-refractivity contribution in [2.75, 3.05) is 0 Å². The minimum Gasteiger partial charge on any atom is -0.0622 e. The van der Waals surface area contributed by atoms with Crippen molar-refractivity contribution in [2.45, 2.75) is 19.3 Å². The van der Waals surface area contributed by atoms with Crippen LogP contribution < -0.4 is 0 Å². The number of hydrogen-bond donors (Lipinski definition) is 0. The van der Waals surface area contributed by atoms with Crippen molar-refractivity contribution in [1.29, 1.82) is 0 Å². The Morgan fingerprint density at radius 3 is 1.02 bits per heavy atom. The van der Waals surface area contributed by atoms with E-state index in [2.05, 4.69) is 402 Å². The quantitative estimate of drug-likeness (QED) is 0.105. The van der Waals surface area contributed by atoms with Crippen molar-refractivity contribution >= 4 is 97.0 Å². The van der Waals surface area contributed by atoms with Gasteiger partial charge < -0.3 is 0 Å². The minimum atomic E-state index is -0.0834.